The van der Waals surface area contributed by atoms with Crippen LogP contribution in [0.4, 0.5) is 0 Å². The Morgan fingerprint density at radius 2 is 1.85 bits per heavy atom. The number of benzene rings is 2. The number of hydrogen-bond acceptors (Lipinski definition) is 3. The van der Waals surface area contributed by atoms with Crippen molar-refractivity contribution in [1.82, 2.24) is 19.5 Å². The van der Waals surface area contributed by atoms with E-state index in [1.807, 2.05) is 67.1 Å². The van der Waals surface area contributed by atoms with Gasteiger partial charge in [0.05, 0.1) is 35.7 Å². The molecule has 5 heteroatoms. The number of aromatic nitrogens is 4. The minimum atomic E-state index is 0.646. The number of aryl methyl sites for hydroxylation is 2. The van der Waals surface area contributed by atoms with Crippen LogP contribution in [0.5, 0.6) is 0 Å². The van der Waals surface area contributed by atoms with Gasteiger partial charge in [-0.25, -0.2) is 9.97 Å². The molecule has 0 saturated carbocycles. The van der Waals surface area contributed by atoms with E-state index in [1.165, 1.54) is 0 Å². The van der Waals surface area contributed by atoms with Gasteiger partial charge in [0.2, 0.25) is 0 Å². The Balaban J connectivity index is 1.82. The second-order valence-electron chi connectivity index (χ2n) is 5.99. The van der Waals surface area contributed by atoms with E-state index < -0.39 is 0 Å². The summed E-state index contributed by atoms with van der Waals surface area (Å²) < 4.78 is 2.11. The number of imidazole rings is 2. The van der Waals surface area contributed by atoms with Crippen molar-refractivity contribution >= 4 is 0 Å². The van der Waals surface area contributed by atoms with Crippen LogP contribution in [0.3, 0.4) is 0 Å². The number of aromatic amines is 1. The van der Waals surface area contributed by atoms with Crippen molar-refractivity contribution in [2.24, 2.45) is 0 Å². The van der Waals surface area contributed by atoms with Crippen LogP contribution in [0, 0.1) is 11.3 Å². The zero-order valence-corrected chi connectivity index (χ0v) is 14.1. The van der Waals surface area contributed by atoms with Crippen LogP contribution >= 0.6 is 0 Å². The van der Waals surface area contributed by atoms with Crippen molar-refractivity contribution in [3.63, 3.8) is 0 Å². The van der Waals surface area contributed by atoms with Gasteiger partial charge in [0.15, 0.2) is 0 Å². The lowest BCUT2D eigenvalue weighted by molar-refractivity contribution is 0.693. The van der Waals surface area contributed by atoms with Crippen LogP contribution in [0.2, 0.25) is 0 Å². The van der Waals surface area contributed by atoms with Gasteiger partial charge in [-0.05, 0) is 6.07 Å². The summed E-state index contributed by atoms with van der Waals surface area (Å²) in [6.07, 6.45) is 6.18. The minimum Gasteiger partial charge on any atom is -0.348 e. The molecule has 0 atom stereocenters. The first-order valence-corrected chi connectivity index (χ1v) is 8.44. The maximum Gasteiger partial charge on any atom is 0.0998 e. The third-order valence-corrected chi connectivity index (χ3v) is 4.36. The largest absolute Gasteiger partial charge is 0.348 e. The monoisotopic (exact) mass is 339 g/mol. The summed E-state index contributed by atoms with van der Waals surface area (Å²) in [6, 6.07) is 20.0. The average Bonchev–Trinajstić information content (AvgIpc) is 3.36. The van der Waals surface area contributed by atoms with Crippen molar-refractivity contribution in [2.75, 3.05) is 0 Å². The molecule has 4 rings (SSSR count). The van der Waals surface area contributed by atoms with E-state index >= 15 is 0 Å². The van der Waals surface area contributed by atoms with Gasteiger partial charge < -0.3 is 9.55 Å². The number of nitriles is 1. The van der Waals surface area contributed by atoms with Crippen molar-refractivity contribution in [3.8, 4) is 28.6 Å². The maximum absolute atomic E-state index is 9.56. The molecule has 26 heavy (non-hydrogen) atoms. The summed E-state index contributed by atoms with van der Waals surface area (Å²) in [7, 11) is 0. The maximum atomic E-state index is 9.56. The molecule has 2 heterocycles. The van der Waals surface area contributed by atoms with Crippen LogP contribution in [-0.2, 0) is 13.0 Å². The van der Waals surface area contributed by atoms with Crippen LogP contribution in [0.1, 0.15) is 11.3 Å². The van der Waals surface area contributed by atoms with Gasteiger partial charge in [0.1, 0.15) is 0 Å². The Bertz CT molecular complexity index is 1040. The normalized spacial score (nSPS) is 10.6. The van der Waals surface area contributed by atoms with Crippen LogP contribution < -0.4 is 0 Å². The van der Waals surface area contributed by atoms with Crippen LogP contribution in [-0.4, -0.2) is 19.5 Å². The van der Waals surface area contributed by atoms with E-state index in [9.17, 15) is 5.26 Å². The molecule has 0 spiro atoms. The number of hydrogen-bond donors (Lipinski definition) is 1. The summed E-state index contributed by atoms with van der Waals surface area (Å²) in [5, 5.41) is 9.56. The van der Waals surface area contributed by atoms with E-state index in [0.29, 0.717) is 5.56 Å². The van der Waals surface area contributed by atoms with E-state index in [1.54, 1.807) is 6.33 Å². The second-order valence-corrected chi connectivity index (χ2v) is 5.99. The molecular formula is C21H17N5. The van der Waals surface area contributed by atoms with E-state index in [-0.39, 0.29) is 0 Å². The zero-order chi connectivity index (χ0) is 17.8. The highest BCUT2D eigenvalue weighted by atomic mass is 15.1. The van der Waals surface area contributed by atoms with Crippen LogP contribution in [0.25, 0.3) is 22.5 Å². The molecule has 0 bridgehead atoms. The molecule has 0 unspecified atom stereocenters. The zero-order valence-electron chi connectivity index (χ0n) is 14.1. The number of H-pyrrole nitrogens is 1. The van der Waals surface area contributed by atoms with Crippen LogP contribution in [0.15, 0.2) is 73.4 Å². The van der Waals surface area contributed by atoms with Gasteiger partial charge in [-0.2, -0.15) is 5.26 Å². The second kappa shape index (κ2) is 7.08. The first kappa shape index (κ1) is 15.9. The predicted molar refractivity (Wildman–Crippen MR) is 100 cm³/mol. The summed E-state index contributed by atoms with van der Waals surface area (Å²) >= 11 is 0. The summed E-state index contributed by atoms with van der Waals surface area (Å²) in [6.45, 7) is 0.747. The molecule has 0 fully saturated rings. The Labute approximate surface area is 151 Å². The Morgan fingerprint density at radius 1 is 1.04 bits per heavy atom. The number of nitrogens with one attached hydrogen (secondary N) is 1. The highest BCUT2D eigenvalue weighted by molar-refractivity contribution is 5.81. The first-order valence-electron chi connectivity index (χ1n) is 8.44. The molecule has 4 aromatic rings. The molecule has 0 saturated heterocycles. The van der Waals surface area contributed by atoms with Crippen molar-refractivity contribution in [3.05, 3.63) is 84.7 Å². The molecule has 0 aliphatic rings. The van der Waals surface area contributed by atoms with Crippen molar-refractivity contribution in [1.29, 1.82) is 5.26 Å². The van der Waals surface area contributed by atoms with Gasteiger partial charge >= 0.3 is 0 Å². The minimum absolute atomic E-state index is 0.646. The molecule has 2 aromatic carbocycles. The molecule has 0 aliphatic heterocycles. The molecule has 0 aliphatic carbocycles. The Kier molecular flexibility index (Phi) is 4.31. The summed E-state index contributed by atoms with van der Waals surface area (Å²) in [5.41, 5.74) is 5.50. The predicted octanol–water partition coefficient (Wildman–Crippen LogP) is 4.05. The van der Waals surface area contributed by atoms with Gasteiger partial charge in [0.25, 0.3) is 0 Å². The average molecular weight is 339 g/mol. The number of nitrogens with zero attached hydrogens (tertiary/aromatic N) is 4. The Hall–Kier alpha value is -3.65. The van der Waals surface area contributed by atoms with E-state index in [0.717, 1.165) is 41.2 Å². The molecule has 2 aromatic heterocycles. The third kappa shape index (κ3) is 3.01. The topological polar surface area (TPSA) is 70.3 Å². The van der Waals surface area contributed by atoms with E-state index in [4.69, 9.17) is 0 Å². The standard InChI is InChI=1S/C21H17N5/c22-12-17-8-4-5-9-19(17)21-20(16-6-2-1-3-7-16)25-15-26(21)11-10-18-13-23-14-24-18/h1-9,13-15H,10-11H2,(H,23,24). The molecule has 0 radical (unpaired) electrons. The fourth-order valence-electron chi connectivity index (χ4n) is 3.09. The lowest BCUT2D eigenvalue weighted by Gasteiger charge is -2.11. The van der Waals surface area contributed by atoms with Gasteiger partial charge in [-0.15, -0.1) is 0 Å². The quantitative estimate of drug-likeness (QED) is 0.596. The molecular weight excluding hydrogens is 322 g/mol. The fourth-order valence-corrected chi connectivity index (χ4v) is 3.09. The highest BCUT2D eigenvalue weighted by Crippen LogP contribution is 2.33. The smallest absolute Gasteiger partial charge is 0.0998 e. The molecule has 1 N–H and O–H groups in total. The molecule has 126 valence electrons. The third-order valence-electron chi connectivity index (χ3n) is 4.36. The van der Waals surface area contributed by atoms with Crippen molar-refractivity contribution < 1.29 is 0 Å². The fraction of sp³-hybridized carbons (Fsp3) is 0.0952. The lowest BCUT2D eigenvalue weighted by Crippen LogP contribution is -2.03. The summed E-state index contributed by atoms with van der Waals surface area (Å²) in [4.78, 5) is 11.9. The summed E-state index contributed by atoms with van der Waals surface area (Å²) in [5.74, 6) is 0. The first-order chi connectivity index (χ1) is 12.9. The van der Waals surface area contributed by atoms with Crippen molar-refractivity contribution in [2.45, 2.75) is 13.0 Å². The lowest BCUT2D eigenvalue weighted by atomic mass is 10.0. The van der Waals surface area contributed by atoms with Gasteiger partial charge in [0, 0.05) is 36.0 Å². The highest BCUT2D eigenvalue weighted by Gasteiger charge is 2.17. The van der Waals surface area contributed by atoms with Gasteiger partial charge in [-0.1, -0.05) is 48.5 Å². The molecule has 0 amide bonds. The van der Waals surface area contributed by atoms with E-state index in [2.05, 4.69) is 25.6 Å². The van der Waals surface area contributed by atoms with Gasteiger partial charge in [-0.3, -0.25) is 0 Å². The SMILES string of the molecule is N#Cc1ccccc1-c1c(-c2ccccc2)ncn1CCc1cnc[nH]1. The molecule has 5 nitrogen and oxygen atoms in total. The number of rotatable bonds is 5. The Morgan fingerprint density at radius 3 is 2.62 bits per heavy atom.